The molecule has 0 amide bonds. The minimum Gasteiger partial charge on any atom is -0.373 e. The van der Waals surface area contributed by atoms with Gasteiger partial charge in [0, 0.05) is 0 Å². The van der Waals surface area contributed by atoms with Crippen molar-refractivity contribution in [2.45, 2.75) is 37.9 Å². The molecule has 2 aliphatic heterocycles. The van der Waals surface area contributed by atoms with Crippen molar-refractivity contribution in [3.05, 3.63) is 34.8 Å². The highest BCUT2D eigenvalue weighted by molar-refractivity contribution is 6.24. The average Bonchev–Trinajstić information content (AvgIpc) is 3.39. The topological polar surface area (TPSA) is 77.9 Å². The molecule has 0 aromatic carbocycles. The quantitative estimate of drug-likeness (QED) is 0.248. The molecule has 0 radical (unpaired) electrons. The van der Waals surface area contributed by atoms with Gasteiger partial charge >= 0.3 is 0 Å². The second-order valence-corrected chi connectivity index (χ2v) is 5.51. The number of epoxide rings is 2. The molecule has 3 aliphatic rings. The summed E-state index contributed by atoms with van der Waals surface area (Å²) in [5.41, 5.74) is 3.26. The third kappa shape index (κ3) is 3.88. The molecule has 1 aliphatic carbocycles. The first-order valence-corrected chi connectivity index (χ1v) is 7.36. The molecule has 2 fully saturated rings. The van der Waals surface area contributed by atoms with Gasteiger partial charge in [-0.1, -0.05) is 0 Å². The lowest BCUT2D eigenvalue weighted by molar-refractivity contribution is 0.397. The summed E-state index contributed by atoms with van der Waals surface area (Å²) in [5, 5.41) is 12.8. The zero-order chi connectivity index (χ0) is 15.4. The van der Waals surface area contributed by atoms with E-state index in [0.717, 1.165) is 50.0 Å². The summed E-state index contributed by atoms with van der Waals surface area (Å²) in [7, 11) is 0. The summed E-state index contributed by atoms with van der Waals surface area (Å²) in [6.07, 6.45) is 9.64. The number of allylic oxidation sites excluding steroid dienone is 4. The van der Waals surface area contributed by atoms with Crippen LogP contribution in [-0.2, 0) is 9.47 Å². The highest BCUT2D eigenvalue weighted by Gasteiger charge is 2.27. The molecule has 2 unspecified atom stereocenters. The second kappa shape index (κ2) is 6.65. The Morgan fingerprint density at radius 3 is 2.18 bits per heavy atom. The molecule has 2 heterocycles. The van der Waals surface area contributed by atoms with E-state index >= 15 is 0 Å². The molecule has 0 aromatic rings. The summed E-state index contributed by atoms with van der Waals surface area (Å²) in [5.74, 6) is 0. The first-order chi connectivity index (χ1) is 10.8. The Morgan fingerprint density at radius 2 is 1.68 bits per heavy atom. The molecule has 0 aromatic heterocycles. The van der Waals surface area contributed by atoms with Crippen LogP contribution in [0.3, 0.4) is 0 Å². The van der Waals surface area contributed by atoms with Gasteiger partial charge < -0.3 is 9.47 Å². The summed E-state index contributed by atoms with van der Waals surface area (Å²) < 4.78 is 10.4. The van der Waals surface area contributed by atoms with Crippen molar-refractivity contribution in [3.63, 3.8) is 0 Å². The van der Waals surface area contributed by atoms with Crippen LogP contribution in [0, 0.1) is 18.0 Å². The fourth-order valence-electron chi connectivity index (χ4n) is 2.47. The molecule has 6 nitrogen and oxygen atoms in total. The Morgan fingerprint density at radius 1 is 1.14 bits per heavy atom. The lowest BCUT2D eigenvalue weighted by atomic mass is 9.90. The minimum absolute atomic E-state index is 0.322. The second-order valence-electron chi connectivity index (χ2n) is 5.51. The van der Waals surface area contributed by atoms with E-state index in [9.17, 15) is 0 Å². The predicted octanol–water partition coefficient (Wildman–Crippen LogP) is 2.41. The van der Waals surface area contributed by atoms with Crippen molar-refractivity contribution in [2.24, 2.45) is 10.1 Å². The van der Waals surface area contributed by atoms with Crippen LogP contribution < -0.4 is 0 Å². The van der Waals surface area contributed by atoms with Gasteiger partial charge in [0.15, 0.2) is 0 Å². The van der Waals surface area contributed by atoms with Gasteiger partial charge in [-0.25, -0.2) is 0 Å². The Kier molecular flexibility index (Phi) is 4.43. The molecule has 0 saturated carbocycles. The molecule has 0 N–H and O–H groups in total. The summed E-state index contributed by atoms with van der Waals surface area (Å²) in [4.78, 5) is 7.08. The number of hydrogen-bond donors (Lipinski definition) is 0. The van der Waals surface area contributed by atoms with Crippen LogP contribution in [0.1, 0.15) is 25.7 Å². The molecule has 6 heteroatoms. The maximum absolute atomic E-state index is 8.89. The van der Waals surface area contributed by atoms with Gasteiger partial charge in [-0.2, -0.15) is 16.8 Å². The summed E-state index contributed by atoms with van der Waals surface area (Å²) >= 11 is 0. The Bertz CT molecular complexity index is 595. The van der Waals surface area contributed by atoms with Crippen LogP contribution in [0.5, 0.6) is 0 Å². The van der Waals surface area contributed by atoms with E-state index in [0.29, 0.717) is 23.6 Å². The maximum Gasteiger partial charge on any atom is 0.206 e. The van der Waals surface area contributed by atoms with Crippen molar-refractivity contribution in [2.75, 3.05) is 13.2 Å². The van der Waals surface area contributed by atoms with Crippen molar-refractivity contribution in [1.29, 1.82) is 5.26 Å². The molecule has 112 valence electrons. The Balaban J connectivity index is 1.78. The molecular weight excluding hydrogens is 280 g/mol. The van der Waals surface area contributed by atoms with Crippen LogP contribution in [-0.4, -0.2) is 36.8 Å². The lowest BCUT2D eigenvalue weighted by Gasteiger charge is -2.15. The highest BCUT2D eigenvalue weighted by atomic mass is 16.6. The van der Waals surface area contributed by atoms with E-state index in [1.165, 1.54) is 0 Å². The average molecular weight is 296 g/mol. The smallest absolute Gasteiger partial charge is 0.206 e. The van der Waals surface area contributed by atoms with Gasteiger partial charge in [0.2, 0.25) is 6.19 Å². The summed E-state index contributed by atoms with van der Waals surface area (Å²) in [6, 6.07) is 0. The molecule has 2 atom stereocenters. The fraction of sp³-hybridized carbons (Fsp3) is 0.500. The zero-order valence-electron chi connectivity index (χ0n) is 12.2. The first kappa shape index (κ1) is 14.6. The van der Waals surface area contributed by atoms with Crippen LogP contribution >= 0.6 is 0 Å². The molecule has 2 saturated heterocycles. The number of rotatable bonds is 6. The van der Waals surface area contributed by atoms with Crippen LogP contribution in [0.4, 0.5) is 0 Å². The predicted molar refractivity (Wildman–Crippen MR) is 81.2 cm³/mol. The van der Waals surface area contributed by atoms with Crippen molar-refractivity contribution in [1.82, 2.24) is 0 Å². The fourth-order valence-corrected chi connectivity index (χ4v) is 2.47. The van der Waals surface area contributed by atoms with Gasteiger partial charge in [-0.3, -0.25) is 0 Å². The van der Waals surface area contributed by atoms with Gasteiger partial charge in [0.1, 0.15) is 5.71 Å². The minimum atomic E-state index is 0.322. The van der Waals surface area contributed by atoms with Crippen molar-refractivity contribution < 1.29 is 9.47 Å². The SMILES string of the molecule is [C-]#[N+]/N=C1/C=C(CCC2CO2)C(=NC#N)C=C1CCC1CO1. The third-order valence-corrected chi connectivity index (χ3v) is 3.88. The number of aliphatic imine (C=N–C) groups is 1. The van der Waals surface area contributed by atoms with Crippen LogP contribution in [0.25, 0.3) is 4.95 Å². The Hall–Kier alpha value is -2.28. The van der Waals surface area contributed by atoms with Gasteiger partial charge in [0.25, 0.3) is 0 Å². The van der Waals surface area contributed by atoms with Gasteiger partial charge in [0.05, 0.1) is 36.2 Å². The Labute approximate surface area is 129 Å². The summed E-state index contributed by atoms with van der Waals surface area (Å²) in [6.45, 7) is 8.61. The third-order valence-electron chi connectivity index (χ3n) is 3.88. The maximum atomic E-state index is 8.89. The van der Waals surface area contributed by atoms with Gasteiger partial charge in [-0.05, 0) is 49.0 Å². The van der Waals surface area contributed by atoms with Crippen LogP contribution in [0.15, 0.2) is 33.4 Å². The molecule has 3 rings (SSSR count). The monoisotopic (exact) mass is 296 g/mol. The number of nitrogens with zero attached hydrogens (tertiary/aromatic N) is 4. The van der Waals surface area contributed by atoms with Crippen molar-refractivity contribution >= 4 is 11.4 Å². The van der Waals surface area contributed by atoms with E-state index < -0.39 is 0 Å². The first-order valence-electron chi connectivity index (χ1n) is 7.36. The van der Waals surface area contributed by atoms with E-state index in [1.54, 1.807) is 0 Å². The highest BCUT2D eigenvalue weighted by Crippen LogP contribution is 2.27. The molecule has 22 heavy (non-hydrogen) atoms. The number of nitriles is 1. The van der Waals surface area contributed by atoms with E-state index in [4.69, 9.17) is 21.3 Å². The van der Waals surface area contributed by atoms with Crippen LogP contribution in [0.2, 0.25) is 0 Å². The largest absolute Gasteiger partial charge is 0.373 e. The normalized spacial score (nSPS) is 29.5. The standard InChI is InChI=1S/C16H16N4O2/c1-18-20-16-7-11(2-4-13-8-21-13)15(19-10-17)6-12(16)3-5-14-9-22-14/h6-7,13-14H,2-5,8-9H2/b19-15?,20-16-. The molecule has 0 spiro atoms. The van der Waals surface area contributed by atoms with Crippen molar-refractivity contribution in [3.8, 4) is 6.19 Å². The van der Waals surface area contributed by atoms with E-state index in [2.05, 4.69) is 15.0 Å². The number of ether oxygens (including phenoxy) is 2. The number of hydrogen-bond acceptors (Lipinski definition) is 5. The molecular formula is C16H16N4O2. The van der Waals surface area contributed by atoms with E-state index in [-0.39, 0.29) is 0 Å². The van der Waals surface area contributed by atoms with E-state index in [1.807, 2.05) is 18.3 Å². The van der Waals surface area contributed by atoms with Gasteiger partial charge in [-0.15, -0.1) is 4.95 Å². The molecule has 0 bridgehead atoms. The zero-order valence-corrected chi connectivity index (χ0v) is 12.2. The lowest BCUT2D eigenvalue weighted by Crippen LogP contribution is -2.14.